The van der Waals surface area contributed by atoms with Crippen molar-refractivity contribution in [2.24, 2.45) is 0 Å². The van der Waals surface area contributed by atoms with Crippen LogP contribution in [-0.2, 0) is 6.54 Å². The Morgan fingerprint density at radius 3 is 2.57 bits per heavy atom. The normalized spacial score (nSPS) is 11.6. The van der Waals surface area contributed by atoms with Crippen molar-refractivity contribution < 1.29 is 4.39 Å². The van der Waals surface area contributed by atoms with E-state index in [9.17, 15) is 14.0 Å². The number of fused-ring (bicyclic) bond motifs is 1. The highest BCUT2D eigenvalue weighted by Crippen LogP contribution is 2.28. The highest BCUT2D eigenvalue weighted by molar-refractivity contribution is 7.19. The minimum absolute atomic E-state index is 0.263. The third kappa shape index (κ3) is 2.77. The maximum Gasteiger partial charge on any atom is 0.329 e. The third-order valence-electron chi connectivity index (χ3n) is 3.72. The predicted molar refractivity (Wildman–Crippen MR) is 92.4 cm³/mol. The number of benzene rings is 1. The largest absolute Gasteiger partial charge is 0.329 e. The summed E-state index contributed by atoms with van der Waals surface area (Å²) < 4.78 is 14.1. The maximum atomic E-state index is 12.9. The lowest BCUT2D eigenvalue weighted by Gasteiger charge is -2.00. The third-order valence-corrected chi connectivity index (χ3v) is 4.89. The number of halogens is 1. The molecule has 0 saturated heterocycles. The lowest BCUT2D eigenvalue weighted by molar-refractivity contribution is 0.628. The van der Waals surface area contributed by atoms with Crippen LogP contribution in [0, 0.1) is 12.7 Å². The number of nitrogens with one attached hydrogen (secondary N) is 1. The van der Waals surface area contributed by atoms with E-state index < -0.39 is 0 Å². The average Bonchev–Trinajstić information content (AvgIpc) is 2.83. The van der Waals surface area contributed by atoms with Gasteiger partial charge >= 0.3 is 5.69 Å². The van der Waals surface area contributed by atoms with E-state index in [1.165, 1.54) is 28.0 Å². The molecule has 0 radical (unpaired) electrons. The molecule has 1 aromatic carbocycles. The molecule has 1 N–H and O–H groups in total. The summed E-state index contributed by atoms with van der Waals surface area (Å²) in [6.45, 7) is 3.96. The van der Waals surface area contributed by atoms with Gasteiger partial charge in [0.05, 0.1) is 5.39 Å². The Kier molecular flexibility index (Phi) is 4.00. The Hall–Kier alpha value is -2.47. The Morgan fingerprint density at radius 1 is 1.22 bits per heavy atom. The zero-order chi connectivity index (χ0) is 16.6. The van der Waals surface area contributed by atoms with Crippen molar-refractivity contribution in [3.8, 4) is 0 Å². The second-order valence-corrected chi connectivity index (χ2v) is 6.21. The fourth-order valence-electron chi connectivity index (χ4n) is 2.46. The van der Waals surface area contributed by atoms with Crippen molar-refractivity contribution in [1.82, 2.24) is 9.55 Å². The van der Waals surface area contributed by atoms with Gasteiger partial charge in [-0.2, -0.15) is 0 Å². The molecule has 3 rings (SSSR count). The first-order valence-electron chi connectivity index (χ1n) is 7.21. The number of nitrogens with zero attached hydrogens (tertiary/aromatic N) is 1. The van der Waals surface area contributed by atoms with E-state index in [1.54, 1.807) is 19.1 Å². The average molecular weight is 330 g/mol. The van der Waals surface area contributed by atoms with E-state index in [4.69, 9.17) is 0 Å². The molecule has 0 unspecified atom stereocenters. The van der Waals surface area contributed by atoms with Gasteiger partial charge in [0.1, 0.15) is 10.6 Å². The quantitative estimate of drug-likeness (QED) is 0.800. The maximum absolute atomic E-state index is 12.9. The summed E-state index contributed by atoms with van der Waals surface area (Å²) in [5.74, 6) is -0.280. The van der Waals surface area contributed by atoms with Crippen LogP contribution in [-0.4, -0.2) is 9.55 Å². The number of rotatable bonds is 3. The van der Waals surface area contributed by atoms with Crippen molar-refractivity contribution in [2.75, 3.05) is 0 Å². The molecule has 23 heavy (non-hydrogen) atoms. The first-order valence-corrected chi connectivity index (χ1v) is 8.02. The molecule has 0 amide bonds. The number of hydrogen-bond acceptors (Lipinski definition) is 3. The highest BCUT2D eigenvalue weighted by atomic mass is 32.1. The van der Waals surface area contributed by atoms with E-state index in [-0.39, 0.29) is 17.1 Å². The predicted octanol–water partition coefficient (Wildman–Crippen LogP) is 3.39. The van der Waals surface area contributed by atoms with Crippen molar-refractivity contribution in [3.63, 3.8) is 0 Å². The van der Waals surface area contributed by atoms with Crippen LogP contribution in [0.2, 0.25) is 0 Å². The van der Waals surface area contributed by atoms with Gasteiger partial charge in [0.25, 0.3) is 5.56 Å². The van der Waals surface area contributed by atoms with Crippen LogP contribution < -0.4 is 11.2 Å². The van der Waals surface area contributed by atoms with E-state index >= 15 is 0 Å². The Balaban J connectivity index is 2.11. The molecule has 0 spiro atoms. The van der Waals surface area contributed by atoms with E-state index in [1.807, 2.05) is 19.1 Å². The van der Waals surface area contributed by atoms with Crippen LogP contribution in [0.4, 0.5) is 4.39 Å². The first kappa shape index (κ1) is 15.4. The Morgan fingerprint density at radius 2 is 1.91 bits per heavy atom. The van der Waals surface area contributed by atoms with Gasteiger partial charge in [-0.25, -0.2) is 9.18 Å². The molecular formula is C17H15FN2O2S. The standard InChI is InChI=1S/C17H15FN2O2S/c1-3-20-16(21)14-10(2)13(23-15(14)19-17(20)22)9-6-11-4-7-12(18)8-5-11/h4-9H,3H2,1-2H3,(H,19,22). The zero-order valence-corrected chi connectivity index (χ0v) is 13.5. The summed E-state index contributed by atoms with van der Waals surface area (Å²) in [5, 5.41) is 0.551. The summed E-state index contributed by atoms with van der Waals surface area (Å²) in [6.07, 6.45) is 3.73. The van der Waals surface area contributed by atoms with Crippen molar-refractivity contribution >= 4 is 33.7 Å². The molecule has 2 heterocycles. The van der Waals surface area contributed by atoms with Crippen LogP contribution in [0.15, 0.2) is 33.9 Å². The number of aromatic nitrogens is 2. The molecule has 0 fully saturated rings. The van der Waals surface area contributed by atoms with Gasteiger partial charge in [-0.1, -0.05) is 18.2 Å². The van der Waals surface area contributed by atoms with Gasteiger partial charge in [0, 0.05) is 11.4 Å². The summed E-state index contributed by atoms with van der Waals surface area (Å²) >= 11 is 1.36. The monoisotopic (exact) mass is 330 g/mol. The molecule has 0 atom stereocenters. The van der Waals surface area contributed by atoms with Gasteiger partial charge in [-0.3, -0.25) is 14.3 Å². The number of H-pyrrole nitrogens is 1. The highest BCUT2D eigenvalue weighted by Gasteiger charge is 2.13. The molecule has 0 aliphatic heterocycles. The van der Waals surface area contributed by atoms with Crippen molar-refractivity contribution in [1.29, 1.82) is 0 Å². The molecular weight excluding hydrogens is 315 g/mol. The molecule has 0 saturated carbocycles. The summed E-state index contributed by atoms with van der Waals surface area (Å²) in [5.41, 5.74) is 1.05. The van der Waals surface area contributed by atoms with Crippen molar-refractivity contribution in [3.05, 3.63) is 66.9 Å². The lowest BCUT2D eigenvalue weighted by atomic mass is 10.1. The molecule has 2 aromatic heterocycles. The van der Waals surface area contributed by atoms with Gasteiger partial charge in [-0.05, 0) is 43.2 Å². The van der Waals surface area contributed by atoms with Crippen LogP contribution >= 0.6 is 11.3 Å². The van der Waals surface area contributed by atoms with Crippen LogP contribution in [0.25, 0.3) is 22.4 Å². The van der Waals surface area contributed by atoms with E-state index in [0.717, 1.165) is 16.0 Å². The fraction of sp³-hybridized carbons (Fsp3) is 0.176. The van der Waals surface area contributed by atoms with E-state index in [2.05, 4.69) is 4.98 Å². The minimum atomic E-state index is -0.389. The second kappa shape index (κ2) is 5.96. The first-order chi connectivity index (χ1) is 11.0. The second-order valence-electron chi connectivity index (χ2n) is 5.16. The van der Waals surface area contributed by atoms with Gasteiger partial charge in [0.2, 0.25) is 0 Å². The zero-order valence-electron chi connectivity index (χ0n) is 12.7. The van der Waals surface area contributed by atoms with Crippen molar-refractivity contribution in [2.45, 2.75) is 20.4 Å². The Labute approximate surface area is 135 Å². The number of hydrogen-bond donors (Lipinski definition) is 1. The Bertz CT molecular complexity index is 1010. The molecule has 4 nitrogen and oxygen atoms in total. The lowest BCUT2D eigenvalue weighted by Crippen LogP contribution is -2.34. The topological polar surface area (TPSA) is 54.9 Å². The van der Waals surface area contributed by atoms with Gasteiger partial charge in [0.15, 0.2) is 0 Å². The number of aromatic amines is 1. The molecule has 0 aliphatic carbocycles. The summed E-state index contributed by atoms with van der Waals surface area (Å²) in [6, 6.07) is 6.16. The molecule has 118 valence electrons. The van der Waals surface area contributed by atoms with Crippen LogP contribution in [0.3, 0.4) is 0 Å². The SMILES string of the molecule is CCn1c(=O)[nH]c2sc(C=Cc3ccc(F)cc3)c(C)c2c1=O. The molecule has 6 heteroatoms. The van der Waals surface area contributed by atoms with E-state index in [0.29, 0.717) is 16.8 Å². The fourth-order valence-corrected chi connectivity index (χ4v) is 3.55. The molecule has 0 bridgehead atoms. The van der Waals surface area contributed by atoms with Gasteiger partial charge < -0.3 is 0 Å². The molecule has 3 aromatic rings. The van der Waals surface area contributed by atoms with Crippen LogP contribution in [0.5, 0.6) is 0 Å². The summed E-state index contributed by atoms with van der Waals surface area (Å²) in [7, 11) is 0. The van der Waals surface area contributed by atoms with Gasteiger partial charge in [-0.15, -0.1) is 11.3 Å². The number of aryl methyl sites for hydroxylation is 1. The molecule has 0 aliphatic rings. The smallest absolute Gasteiger partial charge is 0.298 e. The minimum Gasteiger partial charge on any atom is -0.298 e. The van der Waals surface area contributed by atoms with Crippen LogP contribution in [0.1, 0.15) is 22.9 Å². The summed E-state index contributed by atoms with van der Waals surface area (Å²) in [4.78, 5) is 28.5. The number of thiophene rings is 1.